The van der Waals surface area contributed by atoms with Crippen LogP contribution in [0.4, 0.5) is 0 Å². The Kier molecular flexibility index (Phi) is 6.05. The first-order valence-corrected chi connectivity index (χ1v) is 7.81. The molecule has 1 aromatic carbocycles. The van der Waals surface area contributed by atoms with Crippen molar-refractivity contribution in [1.82, 2.24) is 9.80 Å². The molecule has 0 amide bonds. The van der Waals surface area contributed by atoms with Gasteiger partial charge in [0.05, 0.1) is 20.3 Å². The highest BCUT2D eigenvalue weighted by Gasteiger charge is 2.27. The van der Waals surface area contributed by atoms with Gasteiger partial charge in [-0.1, -0.05) is 6.92 Å². The van der Waals surface area contributed by atoms with Gasteiger partial charge >= 0.3 is 0 Å². The van der Waals surface area contributed by atoms with Gasteiger partial charge in [-0.15, -0.1) is 0 Å². The molecule has 0 saturated carbocycles. The smallest absolute Gasteiger partial charge is 0.127 e. The van der Waals surface area contributed by atoms with Crippen molar-refractivity contribution in [3.63, 3.8) is 0 Å². The Labute approximate surface area is 133 Å². The number of hydrogen-bond acceptors (Lipinski definition) is 5. The molecule has 1 aromatic rings. The molecule has 1 heterocycles. The van der Waals surface area contributed by atoms with Crippen molar-refractivity contribution in [2.24, 2.45) is 0 Å². The number of nitriles is 1. The van der Waals surface area contributed by atoms with E-state index in [-0.39, 0.29) is 6.04 Å². The number of piperazine rings is 1. The van der Waals surface area contributed by atoms with Gasteiger partial charge in [-0.2, -0.15) is 5.26 Å². The van der Waals surface area contributed by atoms with Gasteiger partial charge < -0.3 is 14.4 Å². The second-order valence-electron chi connectivity index (χ2n) is 5.52. The summed E-state index contributed by atoms with van der Waals surface area (Å²) in [4.78, 5) is 4.68. The third-order valence-corrected chi connectivity index (χ3v) is 4.17. The van der Waals surface area contributed by atoms with Gasteiger partial charge in [0.1, 0.15) is 17.5 Å². The fourth-order valence-electron chi connectivity index (χ4n) is 2.96. The monoisotopic (exact) mass is 303 g/mol. The molecule has 0 N–H and O–H groups in total. The standard InChI is InChI=1S/C17H25N3O2/c1-4-7-19-8-10-20(11-9-19)16(13-18)15-12-14(21-2)5-6-17(15)22-3/h5-6,12,16H,4,7-11H2,1-3H3. The van der Waals surface area contributed by atoms with Crippen LogP contribution in [-0.2, 0) is 0 Å². The number of hydrogen-bond donors (Lipinski definition) is 0. The number of methoxy groups -OCH3 is 2. The van der Waals surface area contributed by atoms with E-state index < -0.39 is 0 Å². The fourth-order valence-corrected chi connectivity index (χ4v) is 2.96. The molecule has 0 spiro atoms. The molecule has 1 fully saturated rings. The van der Waals surface area contributed by atoms with Gasteiger partial charge in [-0.05, 0) is 31.2 Å². The molecule has 0 bridgehead atoms. The van der Waals surface area contributed by atoms with Gasteiger partial charge in [0.15, 0.2) is 0 Å². The molecule has 0 aromatic heterocycles. The molecule has 0 aliphatic carbocycles. The number of rotatable bonds is 6. The summed E-state index contributed by atoms with van der Waals surface area (Å²) in [5.41, 5.74) is 0.883. The van der Waals surface area contributed by atoms with E-state index in [0.29, 0.717) is 0 Å². The summed E-state index contributed by atoms with van der Waals surface area (Å²) in [6, 6.07) is 7.77. The lowest BCUT2D eigenvalue weighted by Gasteiger charge is -2.37. The molecule has 5 nitrogen and oxygen atoms in total. The van der Waals surface area contributed by atoms with Crippen molar-refractivity contribution in [3.8, 4) is 17.6 Å². The maximum atomic E-state index is 9.68. The summed E-state index contributed by atoms with van der Waals surface area (Å²) in [7, 11) is 3.27. The number of benzene rings is 1. The van der Waals surface area contributed by atoms with E-state index in [1.54, 1.807) is 14.2 Å². The van der Waals surface area contributed by atoms with E-state index in [9.17, 15) is 5.26 Å². The Balaban J connectivity index is 2.17. The zero-order valence-electron chi connectivity index (χ0n) is 13.7. The summed E-state index contributed by atoms with van der Waals surface area (Å²) in [5, 5.41) is 9.68. The second kappa shape index (κ2) is 8.02. The average Bonchev–Trinajstić information content (AvgIpc) is 2.57. The molecule has 22 heavy (non-hydrogen) atoms. The topological polar surface area (TPSA) is 48.7 Å². The van der Waals surface area contributed by atoms with Crippen molar-refractivity contribution in [3.05, 3.63) is 23.8 Å². The lowest BCUT2D eigenvalue weighted by Crippen LogP contribution is -2.47. The first kappa shape index (κ1) is 16.6. The summed E-state index contributed by atoms with van der Waals surface area (Å²) >= 11 is 0. The van der Waals surface area contributed by atoms with Gasteiger partial charge in [0.25, 0.3) is 0 Å². The van der Waals surface area contributed by atoms with Gasteiger partial charge in [-0.3, -0.25) is 4.90 Å². The lowest BCUT2D eigenvalue weighted by molar-refractivity contribution is 0.113. The van der Waals surface area contributed by atoms with Gasteiger partial charge in [0.2, 0.25) is 0 Å². The summed E-state index contributed by atoms with van der Waals surface area (Å²) in [6.07, 6.45) is 1.17. The molecule has 120 valence electrons. The van der Waals surface area contributed by atoms with E-state index in [4.69, 9.17) is 9.47 Å². The van der Waals surface area contributed by atoms with Crippen LogP contribution in [0.2, 0.25) is 0 Å². The Morgan fingerprint density at radius 2 is 1.91 bits per heavy atom. The highest BCUT2D eigenvalue weighted by Crippen LogP contribution is 2.32. The normalized spacial score (nSPS) is 17.7. The van der Waals surface area contributed by atoms with E-state index in [1.807, 2.05) is 18.2 Å². The van der Waals surface area contributed by atoms with E-state index in [1.165, 1.54) is 6.42 Å². The average molecular weight is 303 g/mol. The van der Waals surface area contributed by atoms with Crippen molar-refractivity contribution in [2.45, 2.75) is 19.4 Å². The third-order valence-electron chi connectivity index (χ3n) is 4.17. The predicted octanol–water partition coefficient (Wildman–Crippen LogP) is 2.30. The maximum Gasteiger partial charge on any atom is 0.127 e. The molecule has 1 unspecified atom stereocenters. The molecule has 1 aliphatic rings. The van der Waals surface area contributed by atoms with Crippen LogP contribution in [0.5, 0.6) is 11.5 Å². The summed E-state index contributed by atoms with van der Waals surface area (Å²) < 4.78 is 10.7. The van der Waals surface area contributed by atoms with Crippen LogP contribution in [0.1, 0.15) is 24.9 Å². The van der Waals surface area contributed by atoms with Crippen molar-refractivity contribution in [2.75, 3.05) is 46.9 Å². The third kappa shape index (κ3) is 3.70. The minimum Gasteiger partial charge on any atom is -0.497 e. The van der Waals surface area contributed by atoms with E-state index in [2.05, 4.69) is 22.8 Å². The Hall–Kier alpha value is -1.77. The molecule has 1 atom stereocenters. The zero-order chi connectivity index (χ0) is 15.9. The quantitative estimate of drug-likeness (QED) is 0.807. The molecule has 0 radical (unpaired) electrons. The molecule has 5 heteroatoms. The van der Waals surface area contributed by atoms with Crippen LogP contribution < -0.4 is 9.47 Å². The van der Waals surface area contributed by atoms with Crippen LogP contribution in [0, 0.1) is 11.3 Å². The maximum absolute atomic E-state index is 9.68. The molecule has 2 rings (SSSR count). The lowest BCUT2D eigenvalue weighted by atomic mass is 10.0. The van der Waals surface area contributed by atoms with Gasteiger partial charge in [0, 0.05) is 31.7 Å². The summed E-state index contributed by atoms with van der Waals surface area (Å²) in [5.74, 6) is 1.49. The number of ether oxygens (including phenoxy) is 2. The predicted molar refractivity (Wildman–Crippen MR) is 86.2 cm³/mol. The minimum atomic E-state index is -0.297. The Bertz CT molecular complexity index is 519. The van der Waals surface area contributed by atoms with Crippen LogP contribution in [0.15, 0.2) is 18.2 Å². The molecular formula is C17H25N3O2. The first-order chi connectivity index (χ1) is 10.7. The highest BCUT2D eigenvalue weighted by atomic mass is 16.5. The molecule has 1 saturated heterocycles. The van der Waals surface area contributed by atoms with Crippen LogP contribution in [0.3, 0.4) is 0 Å². The molecule has 1 aliphatic heterocycles. The van der Waals surface area contributed by atoms with Crippen LogP contribution >= 0.6 is 0 Å². The van der Waals surface area contributed by atoms with E-state index >= 15 is 0 Å². The van der Waals surface area contributed by atoms with Gasteiger partial charge in [-0.25, -0.2) is 0 Å². The zero-order valence-corrected chi connectivity index (χ0v) is 13.7. The largest absolute Gasteiger partial charge is 0.497 e. The Morgan fingerprint density at radius 3 is 2.45 bits per heavy atom. The molecular weight excluding hydrogens is 278 g/mol. The fraction of sp³-hybridized carbons (Fsp3) is 0.588. The van der Waals surface area contributed by atoms with Crippen molar-refractivity contribution in [1.29, 1.82) is 5.26 Å². The van der Waals surface area contributed by atoms with Crippen LogP contribution in [0.25, 0.3) is 0 Å². The second-order valence-corrected chi connectivity index (χ2v) is 5.52. The van der Waals surface area contributed by atoms with Crippen molar-refractivity contribution >= 4 is 0 Å². The number of nitrogens with zero attached hydrogens (tertiary/aromatic N) is 3. The summed E-state index contributed by atoms with van der Waals surface area (Å²) in [6.45, 7) is 7.16. The Morgan fingerprint density at radius 1 is 1.18 bits per heavy atom. The van der Waals surface area contributed by atoms with Crippen LogP contribution in [-0.4, -0.2) is 56.7 Å². The van der Waals surface area contributed by atoms with Crippen molar-refractivity contribution < 1.29 is 9.47 Å². The highest BCUT2D eigenvalue weighted by molar-refractivity contribution is 5.44. The minimum absolute atomic E-state index is 0.297. The van der Waals surface area contributed by atoms with E-state index in [0.717, 1.165) is 49.8 Å². The first-order valence-electron chi connectivity index (χ1n) is 7.81. The SMILES string of the molecule is CCCN1CCN(C(C#N)c2cc(OC)ccc2OC)CC1.